The number of aryl methyl sites for hydroxylation is 1. The van der Waals surface area contributed by atoms with Crippen molar-refractivity contribution in [1.82, 2.24) is 0 Å². The van der Waals surface area contributed by atoms with E-state index in [1.54, 1.807) is 0 Å². The maximum Gasteiger partial charge on any atom is 0.418 e. The maximum absolute atomic E-state index is 13.1. The number of hydrogen-bond donors (Lipinski definition) is 1. The Morgan fingerprint density at radius 2 is 1.81 bits per heavy atom. The van der Waals surface area contributed by atoms with Gasteiger partial charge in [-0.25, -0.2) is 0 Å². The second-order valence-electron chi connectivity index (χ2n) is 6.46. The number of halogens is 3. The average molecular weight is 376 g/mol. The van der Waals surface area contributed by atoms with Crippen molar-refractivity contribution in [3.8, 4) is 0 Å². The lowest BCUT2D eigenvalue weighted by molar-refractivity contribution is -0.137. The average Bonchev–Trinajstić information content (AvgIpc) is 3.03. The lowest BCUT2D eigenvalue weighted by atomic mass is 10.1. The van der Waals surface area contributed by atoms with Crippen molar-refractivity contribution >= 4 is 23.2 Å². The Morgan fingerprint density at radius 1 is 1.15 bits per heavy atom. The highest BCUT2D eigenvalue weighted by atomic mass is 19.4. The first-order valence-electron chi connectivity index (χ1n) is 8.66. The van der Waals surface area contributed by atoms with Gasteiger partial charge in [0.25, 0.3) is 0 Å². The van der Waals surface area contributed by atoms with E-state index in [2.05, 4.69) is 5.32 Å². The summed E-state index contributed by atoms with van der Waals surface area (Å²) in [6, 6.07) is 12.3. The number of rotatable bonds is 4. The van der Waals surface area contributed by atoms with Crippen LogP contribution in [-0.2, 0) is 22.2 Å². The molecule has 1 fully saturated rings. The Bertz CT molecular complexity index is 847. The molecule has 27 heavy (non-hydrogen) atoms. The summed E-state index contributed by atoms with van der Waals surface area (Å²) in [5, 5.41) is 2.33. The number of nitrogens with one attached hydrogen (secondary N) is 1. The third-order valence-corrected chi connectivity index (χ3v) is 4.64. The number of carbonyl (C=O) groups excluding carboxylic acids is 2. The zero-order valence-corrected chi connectivity index (χ0v) is 14.7. The van der Waals surface area contributed by atoms with Gasteiger partial charge in [0.15, 0.2) is 0 Å². The summed E-state index contributed by atoms with van der Waals surface area (Å²) in [5.41, 5.74) is 0.606. The van der Waals surface area contributed by atoms with Crippen LogP contribution in [0.25, 0.3) is 0 Å². The fourth-order valence-corrected chi connectivity index (χ4v) is 3.12. The summed E-state index contributed by atoms with van der Waals surface area (Å²) in [7, 11) is 0. The van der Waals surface area contributed by atoms with Crippen LogP contribution in [0.3, 0.4) is 0 Å². The Labute approximate surface area is 155 Å². The van der Waals surface area contributed by atoms with Gasteiger partial charge in [-0.2, -0.15) is 13.2 Å². The molecule has 3 rings (SSSR count). The summed E-state index contributed by atoms with van der Waals surface area (Å²) < 4.78 is 39.2. The number of para-hydroxylation sites is 1. The van der Waals surface area contributed by atoms with Crippen molar-refractivity contribution in [1.29, 1.82) is 0 Å². The molecule has 142 valence electrons. The van der Waals surface area contributed by atoms with Crippen LogP contribution in [0.2, 0.25) is 0 Å². The van der Waals surface area contributed by atoms with E-state index in [0.717, 1.165) is 18.1 Å². The Hall–Kier alpha value is -2.83. The van der Waals surface area contributed by atoms with E-state index in [1.165, 1.54) is 23.1 Å². The highest BCUT2D eigenvalue weighted by Gasteiger charge is 2.37. The van der Waals surface area contributed by atoms with E-state index in [0.29, 0.717) is 5.69 Å². The van der Waals surface area contributed by atoms with Crippen LogP contribution in [0.5, 0.6) is 0 Å². The SMILES string of the molecule is CCc1ccc(N2CC(C(=O)Nc3ccccc3C(F)(F)F)CC2=O)cc1. The molecule has 0 aliphatic carbocycles. The van der Waals surface area contributed by atoms with Crippen molar-refractivity contribution in [3.05, 3.63) is 59.7 Å². The number of carbonyl (C=O) groups is 2. The molecule has 7 heteroatoms. The van der Waals surface area contributed by atoms with Crippen LogP contribution < -0.4 is 10.2 Å². The van der Waals surface area contributed by atoms with Crippen LogP contribution in [0, 0.1) is 5.92 Å². The van der Waals surface area contributed by atoms with Gasteiger partial charge in [-0.3, -0.25) is 9.59 Å². The molecule has 2 aromatic carbocycles. The zero-order valence-electron chi connectivity index (χ0n) is 14.7. The van der Waals surface area contributed by atoms with Gasteiger partial charge in [-0.15, -0.1) is 0 Å². The van der Waals surface area contributed by atoms with Gasteiger partial charge in [0, 0.05) is 18.7 Å². The van der Waals surface area contributed by atoms with E-state index < -0.39 is 23.6 Å². The molecule has 0 spiro atoms. The van der Waals surface area contributed by atoms with Crippen LogP contribution in [0.15, 0.2) is 48.5 Å². The molecule has 1 unspecified atom stereocenters. The smallest absolute Gasteiger partial charge is 0.325 e. The van der Waals surface area contributed by atoms with Gasteiger partial charge in [0.1, 0.15) is 0 Å². The number of nitrogens with zero attached hydrogens (tertiary/aromatic N) is 1. The van der Waals surface area contributed by atoms with Crippen LogP contribution >= 0.6 is 0 Å². The van der Waals surface area contributed by atoms with E-state index in [1.807, 2.05) is 31.2 Å². The Balaban J connectivity index is 1.73. The van der Waals surface area contributed by atoms with E-state index >= 15 is 0 Å². The monoisotopic (exact) mass is 376 g/mol. The molecular weight excluding hydrogens is 357 g/mol. The van der Waals surface area contributed by atoms with Gasteiger partial charge in [-0.1, -0.05) is 31.2 Å². The molecule has 1 saturated heterocycles. The fraction of sp³-hybridized carbons (Fsp3) is 0.300. The molecule has 2 amide bonds. The molecule has 2 aromatic rings. The third-order valence-electron chi connectivity index (χ3n) is 4.64. The van der Waals surface area contributed by atoms with Crippen molar-refractivity contribution in [2.75, 3.05) is 16.8 Å². The molecule has 1 aliphatic heterocycles. The Kier molecular flexibility index (Phi) is 5.21. The number of amides is 2. The third kappa shape index (κ3) is 4.13. The second-order valence-corrected chi connectivity index (χ2v) is 6.46. The summed E-state index contributed by atoms with van der Waals surface area (Å²) >= 11 is 0. The molecule has 4 nitrogen and oxygen atoms in total. The normalized spacial score (nSPS) is 17.3. The van der Waals surface area contributed by atoms with E-state index in [9.17, 15) is 22.8 Å². The second kappa shape index (κ2) is 7.42. The lowest BCUT2D eigenvalue weighted by Crippen LogP contribution is -2.28. The molecule has 1 aliphatic rings. The predicted molar refractivity (Wildman–Crippen MR) is 96.4 cm³/mol. The summed E-state index contributed by atoms with van der Waals surface area (Å²) in [6.45, 7) is 2.17. The quantitative estimate of drug-likeness (QED) is 0.867. The van der Waals surface area contributed by atoms with Crippen molar-refractivity contribution < 1.29 is 22.8 Å². The minimum atomic E-state index is -4.57. The molecule has 1 heterocycles. The van der Waals surface area contributed by atoms with Crippen LogP contribution in [-0.4, -0.2) is 18.4 Å². The number of benzene rings is 2. The van der Waals surface area contributed by atoms with Crippen LogP contribution in [0.4, 0.5) is 24.5 Å². The van der Waals surface area contributed by atoms with E-state index in [4.69, 9.17) is 0 Å². The first kappa shape index (κ1) is 18.9. The lowest BCUT2D eigenvalue weighted by Gasteiger charge is -2.18. The van der Waals surface area contributed by atoms with Gasteiger partial charge in [-0.05, 0) is 36.2 Å². The summed E-state index contributed by atoms with van der Waals surface area (Å²) in [6.07, 6.45) is -3.73. The van der Waals surface area contributed by atoms with Gasteiger partial charge in [0.05, 0.1) is 17.2 Å². The molecule has 0 bridgehead atoms. The molecule has 1 N–H and O–H groups in total. The summed E-state index contributed by atoms with van der Waals surface area (Å²) in [4.78, 5) is 26.2. The predicted octanol–water partition coefficient (Wildman–Crippen LogP) is 4.26. The fourth-order valence-electron chi connectivity index (χ4n) is 3.12. The zero-order chi connectivity index (χ0) is 19.6. The molecule has 0 saturated carbocycles. The highest BCUT2D eigenvalue weighted by Crippen LogP contribution is 2.35. The van der Waals surface area contributed by atoms with Crippen molar-refractivity contribution in [2.45, 2.75) is 25.9 Å². The molecule has 1 atom stereocenters. The van der Waals surface area contributed by atoms with E-state index in [-0.39, 0.29) is 24.6 Å². The topological polar surface area (TPSA) is 49.4 Å². The number of alkyl halides is 3. The minimum absolute atomic E-state index is 0.0322. The first-order valence-corrected chi connectivity index (χ1v) is 8.66. The van der Waals surface area contributed by atoms with Crippen LogP contribution in [0.1, 0.15) is 24.5 Å². The van der Waals surface area contributed by atoms with Gasteiger partial charge >= 0.3 is 6.18 Å². The first-order chi connectivity index (χ1) is 12.8. The van der Waals surface area contributed by atoms with Gasteiger partial charge < -0.3 is 10.2 Å². The standard InChI is InChI=1S/C20H19F3N2O2/c1-2-13-7-9-15(10-8-13)25-12-14(11-18(25)26)19(27)24-17-6-4-3-5-16(17)20(21,22)23/h3-10,14H,2,11-12H2,1H3,(H,24,27). The maximum atomic E-state index is 13.1. The van der Waals surface area contributed by atoms with Crippen molar-refractivity contribution in [2.24, 2.45) is 5.92 Å². The van der Waals surface area contributed by atoms with Gasteiger partial charge in [0.2, 0.25) is 11.8 Å². The largest absolute Gasteiger partial charge is 0.418 e. The molecule has 0 aromatic heterocycles. The molecular formula is C20H19F3N2O2. The summed E-state index contributed by atoms with van der Waals surface area (Å²) in [5.74, 6) is -1.51. The number of anilines is 2. The highest BCUT2D eigenvalue weighted by molar-refractivity contribution is 6.03. The number of hydrogen-bond acceptors (Lipinski definition) is 2. The molecule has 0 radical (unpaired) electrons. The van der Waals surface area contributed by atoms with Crippen molar-refractivity contribution in [3.63, 3.8) is 0 Å². The minimum Gasteiger partial charge on any atom is -0.325 e. The Morgan fingerprint density at radius 3 is 2.44 bits per heavy atom.